The molecule has 0 unspecified atom stereocenters. The van der Waals surface area contributed by atoms with E-state index < -0.39 is 5.97 Å². The predicted octanol–water partition coefficient (Wildman–Crippen LogP) is 2.88. The van der Waals surface area contributed by atoms with Gasteiger partial charge in [-0.15, -0.1) is 11.8 Å². The van der Waals surface area contributed by atoms with E-state index >= 15 is 0 Å². The second-order valence-electron chi connectivity index (χ2n) is 5.45. The topological polar surface area (TPSA) is 69.6 Å². The number of hydrogen-bond donors (Lipinski definition) is 2. The molecule has 0 saturated heterocycles. The molecule has 1 amide bonds. The van der Waals surface area contributed by atoms with Crippen LogP contribution in [0.15, 0.2) is 65.6 Å². The first-order valence-electron chi connectivity index (χ1n) is 8.11. The van der Waals surface area contributed by atoms with E-state index in [4.69, 9.17) is 5.11 Å². The molecule has 0 fully saturated rings. The number of anilines is 1. The molecule has 0 saturated carbocycles. The van der Waals surface area contributed by atoms with Gasteiger partial charge in [-0.2, -0.15) is 0 Å². The highest BCUT2D eigenvalue weighted by Crippen LogP contribution is 2.17. The second kappa shape index (κ2) is 10.4. The molecular weight excluding hydrogens is 336 g/mol. The summed E-state index contributed by atoms with van der Waals surface area (Å²) in [6.07, 6.45) is 0.857. The van der Waals surface area contributed by atoms with E-state index in [1.807, 2.05) is 36.4 Å². The molecule has 0 radical (unpaired) electrons. The van der Waals surface area contributed by atoms with Gasteiger partial charge in [0.25, 0.3) is 0 Å². The number of carboxylic acid groups (broad SMARTS) is 1. The minimum atomic E-state index is -0.962. The number of carbonyl (C=O) groups excluding carboxylic acids is 1. The summed E-state index contributed by atoms with van der Waals surface area (Å²) in [6.45, 7) is 0.401. The Bertz CT molecular complexity index is 665. The molecule has 0 heterocycles. The van der Waals surface area contributed by atoms with Gasteiger partial charge in [0.05, 0.1) is 6.54 Å². The smallest absolute Gasteiger partial charge is 0.323 e. The lowest BCUT2D eigenvalue weighted by Gasteiger charge is -2.22. The SMILES string of the molecule is O=C(O)CN(CC(=O)NCCCSc1ccccc1)c1ccccc1. The van der Waals surface area contributed by atoms with E-state index in [-0.39, 0.29) is 19.0 Å². The maximum atomic E-state index is 12.1. The van der Waals surface area contributed by atoms with Crippen molar-refractivity contribution in [3.63, 3.8) is 0 Å². The minimum Gasteiger partial charge on any atom is -0.480 e. The predicted molar refractivity (Wildman–Crippen MR) is 101 cm³/mol. The average Bonchev–Trinajstić information content (AvgIpc) is 2.62. The van der Waals surface area contributed by atoms with Crippen LogP contribution in [0.2, 0.25) is 0 Å². The van der Waals surface area contributed by atoms with Gasteiger partial charge >= 0.3 is 5.97 Å². The van der Waals surface area contributed by atoms with Crippen LogP contribution in [0.1, 0.15) is 6.42 Å². The third-order valence-corrected chi connectivity index (χ3v) is 4.54. The van der Waals surface area contributed by atoms with Crippen molar-refractivity contribution in [2.45, 2.75) is 11.3 Å². The van der Waals surface area contributed by atoms with Gasteiger partial charge in [-0.3, -0.25) is 9.59 Å². The third kappa shape index (κ3) is 7.30. The van der Waals surface area contributed by atoms with Crippen molar-refractivity contribution in [3.05, 3.63) is 60.7 Å². The summed E-state index contributed by atoms with van der Waals surface area (Å²) in [5, 5.41) is 11.9. The van der Waals surface area contributed by atoms with Crippen LogP contribution in [-0.2, 0) is 9.59 Å². The van der Waals surface area contributed by atoms with Crippen LogP contribution >= 0.6 is 11.8 Å². The number of carbonyl (C=O) groups is 2. The molecule has 0 bridgehead atoms. The zero-order chi connectivity index (χ0) is 17.9. The van der Waals surface area contributed by atoms with Gasteiger partial charge in [0, 0.05) is 17.1 Å². The molecule has 0 atom stereocenters. The number of rotatable bonds is 10. The normalized spacial score (nSPS) is 10.2. The number of aliphatic carboxylic acids is 1. The van der Waals surface area contributed by atoms with Crippen molar-refractivity contribution in [3.8, 4) is 0 Å². The Labute approximate surface area is 152 Å². The first-order valence-corrected chi connectivity index (χ1v) is 9.10. The number of nitrogens with zero attached hydrogens (tertiary/aromatic N) is 1. The van der Waals surface area contributed by atoms with Gasteiger partial charge in [0.1, 0.15) is 6.54 Å². The number of amides is 1. The standard InChI is InChI=1S/C19H22N2O3S/c22-18(20-12-7-13-25-17-10-5-2-6-11-17)14-21(15-19(23)24)16-8-3-1-4-9-16/h1-6,8-11H,7,12-15H2,(H,20,22)(H,23,24). The van der Waals surface area contributed by atoms with Crippen LogP contribution in [0.5, 0.6) is 0 Å². The van der Waals surface area contributed by atoms with Crippen LogP contribution in [0.3, 0.4) is 0 Å². The highest BCUT2D eigenvalue weighted by atomic mass is 32.2. The second-order valence-corrected chi connectivity index (χ2v) is 6.62. The molecule has 5 nitrogen and oxygen atoms in total. The zero-order valence-electron chi connectivity index (χ0n) is 13.9. The van der Waals surface area contributed by atoms with Crippen molar-refractivity contribution in [2.24, 2.45) is 0 Å². The van der Waals surface area contributed by atoms with Crippen molar-refractivity contribution in [1.29, 1.82) is 0 Å². The summed E-state index contributed by atoms with van der Waals surface area (Å²) >= 11 is 1.75. The summed E-state index contributed by atoms with van der Waals surface area (Å²) in [4.78, 5) is 25.9. The monoisotopic (exact) mass is 358 g/mol. The summed E-state index contributed by atoms with van der Waals surface area (Å²) < 4.78 is 0. The summed E-state index contributed by atoms with van der Waals surface area (Å²) in [7, 11) is 0. The highest BCUT2D eigenvalue weighted by Gasteiger charge is 2.14. The van der Waals surface area contributed by atoms with Gasteiger partial charge in [0.2, 0.25) is 5.91 Å². The largest absolute Gasteiger partial charge is 0.480 e. The van der Waals surface area contributed by atoms with Crippen LogP contribution in [-0.4, -0.2) is 42.4 Å². The number of para-hydroxylation sites is 1. The van der Waals surface area contributed by atoms with Crippen molar-refractivity contribution >= 4 is 29.3 Å². The molecule has 2 aromatic rings. The molecule has 0 aliphatic carbocycles. The van der Waals surface area contributed by atoms with E-state index in [0.29, 0.717) is 6.54 Å². The minimum absolute atomic E-state index is 0.0299. The first kappa shape index (κ1) is 18.9. The third-order valence-electron chi connectivity index (χ3n) is 3.44. The lowest BCUT2D eigenvalue weighted by molar-refractivity contribution is -0.135. The molecular formula is C19H22N2O3S. The fraction of sp³-hybridized carbons (Fsp3) is 0.263. The van der Waals surface area contributed by atoms with E-state index in [1.165, 1.54) is 4.90 Å². The van der Waals surface area contributed by atoms with Crippen LogP contribution < -0.4 is 10.2 Å². The molecule has 0 aliphatic rings. The van der Waals surface area contributed by atoms with Crippen LogP contribution in [0.25, 0.3) is 0 Å². The number of benzene rings is 2. The van der Waals surface area contributed by atoms with E-state index in [2.05, 4.69) is 17.4 Å². The summed E-state index contributed by atoms with van der Waals surface area (Å²) in [6, 6.07) is 19.2. The lowest BCUT2D eigenvalue weighted by Crippen LogP contribution is -2.40. The maximum absolute atomic E-state index is 12.1. The Kier molecular flexibility index (Phi) is 7.85. The van der Waals surface area contributed by atoms with E-state index in [1.54, 1.807) is 28.8 Å². The number of carboxylic acids is 1. The van der Waals surface area contributed by atoms with Gasteiger partial charge in [-0.1, -0.05) is 36.4 Å². The quantitative estimate of drug-likeness (QED) is 0.505. The Morgan fingerprint density at radius 1 is 0.960 bits per heavy atom. The fourth-order valence-corrected chi connectivity index (χ4v) is 3.15. The van der Waals surface area contributed by atoms with Crippen molar-refractivity contribution in [1.82, 2.24) is 5.32 Å². The summed E-state index contributed by atoms with van der Waals surface area (Å²) in [5.74, 6) is -0.215. The Balaban J connectivity index is 1.72. The van der Waals surface area contributed by atoms with Gasteiger partial charge in [-0.25, -0.2) is 0 Å². The Morgan fingerprint density at radius 2 is 1.60 bits per heavy atom. The van der Waals surface area contributed by atoms with Crippen molar-refractivity contribution in [2.75, 3.05) is 30.3 Å². The van der Waals surface area contributed by atoms with Gasteiger partial charge < -0.3 is 15.3 Å². The average molecular weight is 358 g/mol. The number of nitrogens with one attached hydrogen (secondary N) is 1. The van der Waals surface area contributed by atoms with Gasteiger partial charge in [-0.05, 0) is 36.4 Å². The zero-order valence-corrected chi connectivity index (χ0v) is 14.7. The molecule has 2 N–H and O–H groups in total. The molecule has 2 aromatic carbocycles. The molecule has 0 spiro atoms. The molecule has 0 aromatic heterocycles. The van der Waals surface area contributed by atoms with Crippen LogP contribution in [0, 0.1) is 0 Å². The van der Waals surface area contributed by atoms with E-state index in [0.717, 1.165) is 17.9 Å². The van der Waals surface area contributed by atoms with Crippen LogP contribution in [0.4, 0.5) is 5.69 Å². The maximum Gasteiger partial charge on any atom is 0.323 e. The molecule has 6 heteroatoms. The first-order chi connectivity index (χ1) is 12.1. The highest BCUT2D eigenvalue weighted by molar-refractivity contribution is 7.99. The number of hydrogen-bond acceptors (Lipinski definition) is 4. The molecule has 25 heavy (non-hydrogen) atoms. The molecule has 0 aliphatic heterocycles. The van der Waals surface area contributed by atoms with Crippen molar-refractivity contribution < 1.29 is 14.7 Å². The Morgan fingerprint density at radius 3 is 2.24 bits per heavy atom. The van der Waals surface area contributed by atoms with E-state index in [9.17, 15) is 9.59 Å². The number of thioether (sulfide) groups is 1. The fourth-order valence-electron chi connectivity index (χ4n) is 2.28. The Hall–Kier alpha value is -2.47. The molecule has 2 rings (SSSR count). The van der Waals surface area contributed by atoms with Gasteiger partial charge in [0.15, 0.2) is 0 Å². The molecule has 132 valence electrons. The lowest BCUT2D eigenvalue weighted by atomic mass is 10.3. The summed E-state index contributed by atoms with van der Waals surface area (Å²) in [5.41, 5.74) is 0.722.